The SMILES string of the molecule is CNCc1[nH]c(Br)nc1-c1ccc2nc(C)[nH]c2c1. The van der Waals surface area contributed by atoms with Crippen molar-refractivity contribution in [1.82, 2.24) is 25.3 Å². The summed E-state index contributed by atoms with van der Waals surface area (Å²) >= 11 is 3.39. The Morgan fingerprint density at radius 2 is 2.11 bits per heavy atom. The fourth-order valence-corrected chi connectivity index (χ4v) is 2.62. The molecule has 0 unspecified atom stereocenters. The van der Waals surface area contributed by atoms with Crippen LogP contribution in [0.1, 0.15) is 11.5 Å². The zero-order chi connectivity index (χ0) is 13.4. The number of hydrogen-bond donors (Lipinski definition) is 3. The van der Waals surface area contributed by atoms with Crippen molar-refractivity contribution >= 4 is 27.0 Å². The summed E-state index contributed by atoms with van der Waals surface area (Å²) in [5.41, 5.74) is 5.10. The summed E-state index contributed by atoms with van der Waals surface area (Å²) in [6.07, 6.45) is 0. The second-order valence-corrected chi connectivity index (χ2v) is 5.19. The van der Waals surface area contributed by atoms with E-state index in [1.807, 2.05) is 26.1 Å². The van der Waals surface area contributed by atoms with Crippen LogP contribution in [0.25, 0.3) is 22.3 Å². The van der Waals surface area contributed by atoms with Crippen LogP contribution in [0.5, 0.6) is 0 Å². The van der Waals surface area contributed by atoms with E-state index in [-0.39, 0.29) is 0 Å². The Balaban J connectivity index is 2.12. The van der Waals surface area contributed by atoms with Gasteiger partial charge in [0.05, 0.1) is 22.4 Å². The summed E-state index contributed by atoms with van der Waals surface area (Å²) in [6.45, 7) is 2.70. The average Bonchev–Trinajstić information content (AvgIpc) is 2.90. The molecule has 3 N–H and O–H groups in total. The molecule has 98 valence electrons. The zero-order valence-corrected chi connectivity index (χ0v) is 12.3. The fourth-order valence-electron chi connectivity index (χ4n) is 2.21. The van der Waals surface area contributed by atoms with Gasteiger partial charge in [0.15, 0.2) is 4.73 Å². The molecule has 0 amide bonds. The predicted octanol–water partition coefficient (Wildman–Crippen LogP) is 2.74. The van der Waals surface area contributed by atoms with Crippen LogP contribution in [0.2, 0.25) is 0 Å². The fraction of sp³-hybridized carbons (Fsp3) is 0.231. The van der Waals surface area contributed by atoms with Crippen molar-refractivity contribution in [3.8, 4) is 11.3 Å². The molecular weight excluding hydrogens is 306 g/mol. The topological polar surface area (TPSA) is 69.4 Å². The minimum Gasteiger partial charge on any atom is -0.342 e. The number of aryl methyl sites for hydroxylation is 1. The molecule has 6 heteroatoms. The number of fused-ring (bicyclic) bond motifs is 1. The molecule has 0 aliphatic carbocycles. The first-order valence-electron chi connectivity index (χ1n) is 6.03. The first kappa shape index (κ1) is 12.4. The van der Waals surface area contributed by atoms with Gasteiger partial charge in [-0.2, -0.15) is 0 Å². The van der Waals surface area contributed by atoms with Crippen molar-refractivity contribution < 1.29 is 0 Å². The van der Waals surface area contributed by atoms with Crippen LogP contribution in [-0.2, 0) is 6.54 Å². The van der Waals surface area contributed by atoms with E-state index in [4.69, 9.17) is 0 Å². The number of halogens is 1. The third-order valence-electron chi connectivity index (χ3n) is 2.98. The molecule has 3 aromatic rings. The molecule has 0 spiro atoms. The van der Waals surface area contributed by atoms with E-state index >= 15 is 0 Å². The number of hydrogen-bond acceptors (Lipinski definition) is 3. The highest BCUT2D eigenvalue weighted by molar-refractivity contribution is 9.10. The van der Waals surface area contributed by atoms with Crippen molar-refractivity contribution in [2.45, 2.75) is 13.5 Å². The molecule has 0 aliphatic heterocycles. The number of H-pyrrole nitrogens is 2. The molecule has 2 aromatic heterocycles. The summed E-state index contributed by atoms with van der Waals surface area (Å²) < 4.78 is 0.744. The van der Waals surface area contributed by atoms with Gasteiger partial charge in [-0.25, -0.2) is 9.97 Å². The number of rotatable bonds is 3. The Morgan fingerprint density at radius 1 is 1.26 bits per heavy atom. The second-order valence-electron chi connectivity index (χ2n) is 4.44. The lowest BCUT2D eigenvalue weighted by Crippen LogP contribution is -2.06. The molecule has 1 aromatic carbocycles. The van der Waals surface area contributed by atoms with Crippen molar-refractivity contribution in [1.29, 1.82) is 0 Å². The van der Waals surface area contributed by atoms with E-state index in [1.165, 1.54) is 0 Å². The summed E-state index contributed by atoms with van der Waals surface area (Å²) in [6, 6.07) is 6.14. The van der Waals surface area contributed by atoms with Gasteiger partial charge >= 0.3 is 0 Å². The number of nitrogens with zero attached hydrogens (tertiary/aromatic N) is 2. The molecular formula is C13H14BrN5. The maximum Gasteiger partial charge on any atom is 0.175 e. The highest BCUT2D eigenvalue weighted by Crippen LogP contribution is 2.26. The Bertz CT molecular complexity index is 728. The molecule has 0 fully saturated rings. The number of imidazole rings is 2. The molecule has 0 atom stereocenters. The van der Waals surface area contributed by atoms with Gasteiger partial charge in [-0.05, 0) is 42.0 Å². The van der Waals surface area contributed by atoms with Gasteiger partial charge in [-0.1, -0.05) is 6.07 Å². The lowest BCUT2D eigenvalue weighted by atomic mass is 10.1. The Labute approximate surface area is 119 Å². The van der Waals surface area contributed by atoms with E-state index in [9.17, 15) is 0 Å². The zero-order valence-electron chi connectivity index (χ0n) is 10.7. The van der Waals surface area contributed by atoms with E-state index in [1.54, 1.807) is 0 Å². The van der Waals surface area contributed by atoms with Gasteiger partial charge < -0.3 is 15.3 Å². The van der Waals surface area contributed by atoms with E-state index in [0.29, 0.717) is 0 Å². The average molecular weight is 320 g/mol. The van der Waals surface area contributed by atoms with Crippen LogP contribution in [0.3, 0.4) is 0 Å². The minimum absolute atomic E-state index is 0.744. The maximum atomic E-state index is 4.50. The Kier molecular flexibility index (Phi) is 3.12. The molecule has 19 heavy (non-hydrogen) atoms. The van der Waals surface area contributed by atoms with Crippen molar-refractivity contribution in [2.24, 2.45) is 0 Å². The van der Waals surface area contributed by atoms with Crippen LogP contribution >= 0.6 is 15.9 Å². The van der Waals surface area contributed by atoms with Crippen LogP contribution in [-0.4, -0.2) is 27.0 Å². The molecule has 0 radical (unpaired) electrons. The van der Waals surface area contributed by atoms with Crippen molar-refractivity contribution in [3.63, 3.8) is 0 Å². The lowest BCUT2D eigenvalue weighted by molar-refractivity contribution is 0.797. The van der Waals surface area contributed by atoms with Crippen LogP contribution in [0.4, 0.5) is 0 Å². The Hall–Kier alpha value is -1.66. The van der Waals surface area contributed by atoms with Crippen molar-refractivity contribution in [3.05, 3.63) is 34.5 Å². The summed E-state index contributed by atoms with van der Waals surface area (Å²) in [5, 5.41) is 3.14. The number of benzene rings is 1. The molecule has 5 nitrogen and oxygen atoms in total. The van der Waals surface area contributed by atoms with Gasteiger partial charge in [0.1, 0.15) is 5.82 Å². The van der Waals surface area contributed by atoms with Crippen molar-refractivity contribution in [2.75, 3.05) is 7.05 Å². The number of aromatic amines is 2. The molecule has 2 heterocycles. The molecule has 0 saturated carbocycles. The summed E-state index contributed by atoms with van der Waals surface area (Å²) in [7, 11) is 1.92. The number of aromatic nitrogens is 4. The van der Waals surface area contributed by atoms with Crippen LogP contribution in [0.15, 0.2) is 22.9 Å². The molecule has 0 saturated heterocycles. The van der Waals surface area contributed by atoms with Crippen LogP contribution in [0, 0.1) is 6.92 Å². The largest absolute Gasteiger partial charge is 0.342 e. The number of nitrogens with one attached hydrogen (secondary N) is 3. The van der Waals surface area contributed by atoms with Gasteiger partial charge in [0.2, 0.25) is 0 Å². The standard InChI is InChI=1S/C13H14BrN5/c1-7-16-9-4-3-8(5-10(9)17-7)12-11(6-15-2)18-13(14)19-12/h3-5,15H,6H2,1-2H3,(H,16,17)(H,18,19). The smallest absolute Gasteiger partial charge is 0.175 e. The second kappa shape index (κ2) is 4.79. The molecule has 0 aliphatic rings. The Morgan fingerprint density at radius 3 is 2.89 bits per heavy atom. The van der Waals surface area contributed by atoms with E-state index < -0.39 is 0 Å². The van der Waals surface area contributed by atoms with Gasteiger partial charge in [-0.15, -0.1) is 0 Å². The quantitative estimate of drug-likeness (QED) is 0.695. The summed E-state index contributed by atoms with van der Waals surface area (Å²) in [4.78, 5) is 15.4. The third kappa shape index (κ3) is 2.29. The van der Waals surface area contributed by atoms with Crippen LogP contribution < -0.4 is 5.32 Å². The molecule has 3 rings (SSSR count). The highest BCUT2D eigenvalue weighted by Gasteiger charge is 2.11. The van der Waals surface area contributed by atoms with Gasteiger partial charge in [-0.3, -0.25) is 0 Å². The summed E-state index contributed by atoms with van der Waals surface area (Å²) in [5.74, 6) is 0.922. The molecule has 0 bridgehead atoms. The maximum absolute atomic E-state index is 4.50. The van der Waals surface area contributed by atoms with E-state index in [0.717, 1.165) is 45.1 Å². The monoisotopic (exact) mass is 319 g/mol. The predicted molar refractivity (Wildman–Crippen MR) is 78.9 cm³/mol. The normalized spacial score (nSPS) is 11.3. The van der Waals surface area contributed by atoms with Gasteiger partial charge in [0, 0.05) is 12.1 Å². The first-order chi connectivity index (χ1) is 9.17. The third-order valence-corrected chi connectivity index (χ3v) is 3.35. The first-order valence-corrected chi connectivity index (χ1v) is 6.82. The van der Waals surface area contributed by atoms with E-state index in [2.05, 4.69) is 47.2 Å². The lowest BCUT2D eigenvalue weighted by Gasteiger charge is -2.02. The minimum atomic E-state index is 0.744. The van der Waals surface area contributed by atoms with Gasteiger partial charge in [0.25, 0.3) is 0 Å². The highest BCUT2D eigenvalue weighted by atomic mass is 79.9.